The monoisotopic (exact) mass is 258 g/mol. The molecule has 0 spiro atoms. The zero-order valence-electron chi connectivity index (χ0n) is 10.8. The van der Waals surface area contributed by atoms with Crippen molar-refractivity contribution in [3.05, 3.63) is 53.6 Å². The third-order valence-corrected chi connectivity index (χ3v) is 3.60. The number of Topliss-reactive ketones (excluding diaryl/α,β-unsaturated/α-hetero) is 1. The van der Waals surface area contributed by atoms with Crippen LogP contribution < -0.4 is 4.90 Å². The molecule has 1 aromatic heterocycles. The average molecular weight is 258 g/mol. The first-order valence-corrected chi connectivity index (χ1v) is 6.33. The highest BCUT2D eigenvalue weighted by molar-refractivity contribution is 5.98. The summed E-state index contributed by atoms with van der Waals surface area (Å²) >= 11 is 0. The third kappa shape index (κ3) is 2.14. The quantitative estimate of drug-likeness (QED) is 0.790. The fourth-order valence-corrected chi connectivity index (χ4v) is 2.59. The van der Waals surface area contributed by atoms with Crippen LogP contribution in [0.2, 0.25) is 0 Å². The van der Waals surface area contributed by atoms with E-state index in [1.807, 2.05) is 34.8 Å². The number of benzene rings is 1. The van der Waals surface area contributed by atoms with Gasteiger partial charge in [-0.1, -0.05) is 6.07 Å². The second-order valence-corrected chi connectivity index (χ2v) is 4.87. The van der Waals surface area contributed by atoms with Crippen LogP contribution in [-0.4, -0.2) is 23.4 Å². The van der Waals surface area contributed by atoms with Gasteiger partial charge in [-0.25, -0.2) is 4.39 Å². The third-order valence-electron chi connectivity index (χ3n) is 3.60. The Hall–Kier alpha value is -2.10. The van der Waals surface area contributed by atoms with E-state index in [0.29, 0.717) is 12.2 Å². The Morgan fingerprint density at radius 3 is 2.95 bits per heavy atom. The highest BCUT2D eigenvalue weighted by Gasteiger charge is 2.22. The molecule has 0 bridgehead atoms. The molecular weight excluding hydrogens is 243 g/mol. The van der Waals surface area contributed by atoms with Crippen LogP contribution in [0.25, 0.3) is 0 Å². The van der Waals surface area contributed by atoms with Crippen LogP contribution in [0.1, 0.15) is 16.1 Å². The van der Waals surface area contributed by atoms with Crippen LogP contribution in [0.5, 0.6) is 0 Å². The zero-order chi connectivity index (χ0) is 13.4. The predicted octanol–water partition coefficient (Wildman–Crippen LogP) is 2.41. The van der Waals surface area contributed by atoms with Gasteiger partial charge in [0.15, 0.2) is 5.78 Å². The van der Waals surface area contributed by atoms with Gasteiger partial charge < -0.3 is 9.47 Å². The number of aromatic nitrogens is 1. The Morgan fingerprint density at radius 2 is 2.21 bits per heavy atom. The summed E-state index contributed by atoms with van der Waals surface area (Å²) in [5, 5.41) is 0. The second kappa shape index (κ2) is 4.53. The molecule has 19 heavy (non-hydrogen) atoms. The minimum absolute atomic E-state index is 0.0598. The van der Waals surface area contributed by atoms with Crippen LogP contribution >= 0.6 is 0 Å². The van der Waals surface area contributed by atoms with Crippen LogP contribution in [0, 0.1) is 5.82 Å². The van der Waals surface area contributed by atoms with Gasteiger partial charge in [0.25, 0.3) is 0 Å². The molecule has 1 aliphatic heterocycles. The fourth-order valence-electron chi connectivity index (χ4n) is 2.59. The lowest BCUT2D eigenvalue weighted by atomic mass is 10.1. The Morgan fingerprint density at radius 1 is 1.37 bits per heavy atom. The van der Waals surface area contributed by atoms with E-state index in [4.69, 9.17) is 0 Å². The summed E-state index contributed by atoms with van der Waals surface area (Å²) in [7, 11) is 1.85. The van der Waals surface area contributed by atoms with E-state index < -0.39 is 0 Å². The molecule has 0 amide bonds. The fraction of sp³-hybridized carbons (Fsp3) is 0.267. The average Bonchev–Trinajstić information content (AvgIpc) is 2.96. The van der Waals surface area contributed by atoms with Gasteiger partial charge in [-0.3, -0.25) is 4.79 Å². The first kappa shape index (κ1) is 12.0. The molecule has 0 atom stereocenters. The standard InChI is InChI=1S/C15H15FN2O/c1-17-7-2-3-13(17)15(19)10-18-8-6-11-4-5-12(16)9-14(11)18/h2-5,7,9H,6,8,10H2,1H3. The second-order valence-electron chi connectivity index (χ2n) is 4.87. The van der Waals surface area contributed by atoms with E-state index in [-0.39, 0.29) is 11.6 Å². The van der Waals surface area contributed by atoms with Crippen LogP contribution in [-0.2, 0) is 13.5 Å². The molecule has 0 fully saturated rings. The van der Waals surface area contributed by atoms with Gasteiger partial charge >= 0.3 is 0 Å². The molecule has 3 nitrogen and oxygen atoms in total. The highest BCUT2D eigenvalue weighted by atomic mass is 19.1. The molecule has 4 heteroatoms. The van der Waals surface area contributed by atoms with Gasteiger partial charge in [0.2, 0.25) is 0 Å². The number of halogens is 1. The number of fused-ring (bicyclic) bond motifs is 1. The van der Waals surface area contributed by atoms with E-state index in [1.54, 1.807) is 6.07 Å². The van der Waals surface area contributed by atoms with Crippen molar-refractivity contribution in [1.82, 2.24) is 4.57 Å². The summed E-state index contributed by atoms with van der Waals surface area (Å²) in [6.45, 7) is 1.07. The topological polar surface area (TPSA) is 25.2 Å². The lowest BCUT2D eigenvalue weighted by Crippen LogP contribution is -2.29. The number of hydrogen-bond acceptors (Lipinski definition) is 2. The molecule has 98 valence electrons. The van der Waals surface area contributed by atoms with E-state index in [0.717, 1.165) is 24.2 Å². The molecule has 0 saturated heterocycles. The van der Waals surface area contributed by atoms with Gasteiger partial charge in [0, 0.05) is 25.5 Å². The SMILES string of the molecule is Cn1cccc1C(=O)CN1CCc2ccc(F)cc21. The normalized spacial score (nSPS) is 13.7. The van der Waals surface area contributed by atoms with Crippen molar-refractivity contribution in [3.8, 4) is 0 Å². The minimum atomic E-state index is -0.253. The van der Waals surface area contributed by atoms with Gasteiger partial charge in [0.05, 0.1) is 12.2 Å². The highest BCUT2D eigenvalue weighted by Crippen LogP contribution is 2.28. The molecule has 2 aromatic rings. The number of anilines is 1. The van der Waals surface area contributed by atoms with Crippen molar-refractivity contribution < 1.29 is 9.18 Å². The zero-order valence-corrected chi connectivity index (χ0v) is 10.8. The largest absolute Gasteiger partial charge is 0.363 e. The first-order chi connectivity index (χ1) is 9.15. The van der Waals surface area contributed by atoms with E-state index in [1.165, 1.54) is 12.1 Å². The smallest absolute Gasteiger partial charge is 0.198 e. The van der Waals surface area contributed by atoms with Crippen LogP contribution in [0.4, 0.5) is 10.1 Å². The number of rotatable bonds is 3. The van der Waals surface area contributed by atoms with E-state index in [2.05, 4.69) is 0 Å². The summed E-state index contributed by atoms with van der Waals surface area (Å²) in [4.78, 5) is 14.2. The Bertz CT molecular complexity index is 633. The van der Waals surface area contributed by atoms with Crippen molar-refractivity contribution in [1.29, 1.82) is 0 Å². The van der Waals surface area contributed by atoms with Gasteiger partial charge in [-0.05, 0) is 36.2 Å². The van der Waals surface area contributed by atoms with Gasteiger partial charge in [-0.2, -0.15) is 0 Å². The van der Waals surface area contributed by atoms with Crippen molar-refractivity contribution in [3.63, 3.8) is 0 Å². The van der Waals surface area contributed by atoms with Gasteiger partial charge in [0.1, 0.15) is 5.82 Å². The summed E-state index contributed by atoms with van der Waals surface area (Å²) in [6, 6.07) is 8.45. The van der Waals surface area contributed by atoms with Crippen molar-refractivity contribution >= 4 is 11.5 Å². The minimum Gasteiger partial charge on any atom is -0.363 e. The number of carbonyl (C=O) groups excluding carboxylic acids is 1. The maximum atomic E-state index is 13.3. The Kier molecular flexibility index (Phi) is 2.85. The molecule has 0 N–H and O–H groups in total. The van der Waals surface area contributed by atoms with Crippen LogP contribution in [0.15, 0.2) is 36.5 Å². The number of aryl methyl sites for hydroxylation is 1. The molecular formula is C15H15FN2O. The molecule has 2 heterocycles. The van der Waals surface area contributed by atoms with Crippen molar-refractivity contribution in [2.24, 2.45) is 7.05 Å². The first-order valence-electron chi connectivity index (χ1n) is 6.33. The maximum Gasteiger partial charge on any atom is 0.198 e. The number of nitrogens with zero attached hydrogens (tertiary/aromatic N) is 2. The summed E-state index contributed by atoms with van der Waals surface area (Å²) in [5.41, 5.74) is 2.65. The van der Waals surface area contributed by atoms with E-state index >= 15 is 0 Å². The lowest BCUT2D eigenvalue weighted by Gasteiger charge is -2.18. The summed E-state index contributed by atoms with van der Waals surface area (Å²) < 4.78 is 15.1. The molecule has 3 rings (SSSR count). The number of hydrogen-bond donors (Lipinski definition) is 0. The molecule has 0 unspecified atom stereocenters. The van der Waals surface area contributed by atoms with Gasteiger partial charge in [-0.15, -0.1) is 0 Å². The number of carbonyl (C=O) groups is 1. The Balaban J connectivity index is 1.82. The molecule has 0 saturated carbocycles. The Labute approximate surface area is 111 Å². The van der Waals surface area contributed by atoms with Crippen molar-refractivity contribution in [2.75, 3.05) is 18.0 Å². The molecule has 1 aromatic carbocycles. The maximum absolute atomic E-state index is 13.3. The molecule has 0 aliphatic carbocycles. The summed E-state index contributed by atoms with van der Waals surface area (Å²) in [5.74, 6) is -0.193. The predicted molar refractivity (Wildman–Crippen MR) is 72.1 cm³/mol. The van der Waals surface area contributed by atoms with Crippen molar-refractivity contribution in [2.45, 2.75) is 6.42 Å². The molecule has 0 radical (unpaired) electrons. The van der Waals surface area contributed by atoms with Crippen LogP contribution in [0.3, 0.4) is 0 Å². The molecule has 1 aliphatic rings. The van der Waals surface area contributed by atoms with E-state index in [9.17, 15) is 9.18 Å². The summed E-state index contributed by atoms with van der Waals surface area (Å²) in [6.07, 6.45) is 2.72. The lowest BCUT2D eigenvalue weighted by molar-refractivity contribution is 0.0992. The number of ketones is 1.